The summed E-state index contributed by atoms with van der Waals surface area (Å²) in [6.45, 7) is 16.0. The number of carbonyl (C=O) groups is 1. The predicted octanol–water partition coefficient (Wildman–Crippen LogP) is 6.49. The molecule has 0 spiro atoms. The summed E-state index contributed by atoms with van der Waals surface area (Å²) in [6.07, 6.45) is 17.3. The van der Waals surface area contributed by atoms with Gasteiger partial charge in [0, 0.05) is 51.6 Å². The molecule has 0 radical (unpaired) electrons. The number of ether oxygens (including phenoxy) is 1. The van der Waals surface area contributed by atoms with Gasteiger partial charge in [0.1, 0.15) is 5.69 Å². The van der Waals surface area contributed by atoms with Gasteiger partial charge < -0.3 is 20.4 Å². The van der Waals surface area contributed by atoms with Gasteiger partial charge in [-0.25, -0.2) is 4.79 Å². The molecule has 0 saturated carbocycles. The van der Waals surface area contributed by atoms with Gasteiger partial charge in [-0.1, -0.05) is 70.4 Å². The first kappa shape index (κ1) is 24.5. The number of H-pyrrole nitrogens is 2. The highest BCUT2D eigenvalue weighted by Gasteiger charge is 2.25. The Bertz CT molecular complexity index is 1120. The molecular weight excluding hydrogens is 398 g/mol. The van der Waals surface area contributed by atoms with Crippen molar-refractivity contribution >= 4 is 23.7 Å². The molecule has 1 aliphatic rings. The molecule has 2 heterocycles. The second-order valence-electron chi connectivity index (χ2n) is 7.09. The molecule has 0 aromatic carbocycles. The highest BCUT2D eigenvalue weighted by Crippen LogP contribution is 2.40. The molecule has 1 aliphatic carbocycles. The normalized spacial score (nSPS) is 15.3. The molecule has 0 amide bonds. The highest BCUT2D eigenvalue weighted by atomic mass is 16.5. The van der Waals surface area contributed by atoms with E-state index in [9.17, 15) is 4.79 Å². The molecule has 0 fully saturated rings. The molecule has 2 aromatic heterocycles. The highest BCUT2D eigenvalue weighted by molar-refractivity contribution is 6.03. The molecule has 0 saturated heterocycles. The summed E-state index contributed by atoms with van der Waals surface area (Å²) in [7, 11) is 1.37. The largest absolute Gasteiger partial charge is 0.464 e. The summed E-state index contributed by atoms with van der Waals surface area (Å²) in [6, 6.07) is 0. The monoisotopic (exact) mass is 431 g/mol. The van der Waals surface area contributed by atoms with Crippen molar-refractivity contribution in [1.29, 1.82) is 0 Å². The molecule has 0 bridgehead atoms. The number of fused-ring (bicyclic) bond motifs is 1. The first-order valence-corrected chi connectivity index (χ1v) is 10.7. The van der Waals surface area contributed by atoms with Crippen LogP contribution >= 0.6 is 0 Å². The Morgan fingerprint density at radius 2 is 1.88 bits per heavy atom. The molecule has 0 aliphatic heterocycles. The van der Waals surface area contributed by atoms with E-state index >= 15 is 0 Å². The van der Waals surface area contributed by atoms with E-state index in [0.29, 0.717) is 22.9 Å². The van der Waals surface area contributed by atoms with E-state index in [0.717, 1.165) is 33.5 Å². The van der Waals surface area contributed by atoms with Gasteiger partial charge in [0.15, 0.2) is 0 Å². The van der Waals surface area contributed by atoms with Crippen LogP contribution in [-0.4, -0.2) is 23.0 Å². The average Bonchev–Trinajstić information content (AvgIpc) is 3.38. The third-order valence-corrected chi connectivity index (χ3v) is 5.18. The van der Waals surface area contributed by atoms with Crippen LogP contribution in [0.2, 0.25) is 0 Å². The minimum absolute atomic E-state index is 0.316. The SMILES string of the molecule is C=C/C=C(C(=C)c1c[nH]c(C(=O)OC)c1-c1c[nH]c2c1C=CC(C)C=C2)\C(N)=C/C.CC. The molecule has 1 atom stereocenters. The van der Waals surface area contributed by atoms with Crippen LogP contribution in [0, 0.1) is 5.92 Å². The number of aromatic nitrogens is 2. The van der Waals surface area contributed by atoms with Crippen LogP contribution in [-0.2, 0) is 4.74 Å². The summed E-state index contributed by atoms with van der Waals surface area (Å²) in [5.41, 5.74) is 12.9. The van der Waals surface area contributed by atoms with Crippen LogP contribution in [0.1, 0.15) is 55.0 Å². The lowest BCUT2D eigenvalue weighted by atomic mass is 9.91. The summed E-state index contributed by atoms with van der Waals surface area (Å²) < 4.78 is 5.02. The molecule has 32 heavy (non-hydrogen) atoms. The molecular formula is C27H33N3O2. The number of methoxy groups -OCH3 is 1. The number of nitrogens with one attached hydrogen (secondary N) is 2. The zero-order valence-electron chi connectivity index (χ0n) is 19.6. The van der Waals surface area contributed by atoms with Gasteiger partial charge in [-0.3, -0.25) is 0 Å². The number of esters is 1. The lowest BCUT2D eigenvalue weighted by Crippen LogP contribution is -2.05. The van der Waals surface area contributed by atoms with Crippen molar-refractivity contribution in [2.24, 2.45) is 11.7 Å². The fraction of sp³-hybridized carbons (Fsp3) is 0.222. The quantitative estimate of drug-likeness (QED) is 0.361. The van der Waals surface area contributed by atoms with Crippen LogP contribution in [0.5, 0.6) is 0 Å². The Kier molecular flexibility index (Phi) is 8.47. The van der Waals surface area contributed by atoms with Crippen molar-refractivity contribution in [3.63, 3.8) is 0 Å². The van der Waals surface area contributed by atoms with Gasteiger partial charge in [0.25, 0.3) is 0 Å². The van der Waals surface area contributed by atoms with E-state index in [4.69, 9.17) is 10.5 Å². The third-order valence-electron chi connectivity index (χ3n) is 5.18. The minimum Gasteiger partial charge on any atom is -0.464 e. The average molecular weight is 432 g/mol. The molecule has 168 valence electrons. The Balaban J connectivity index is 0.00000176. The smallest absolute Gasteiger partial charge is 0.355 e. The van der Waals surface area contributed by atoms with Crippen molar-refractivity contribution in [3.05, 3.63) is 89.7 Å². The Morgan fingerprint density at radius 3 is 2.50 bits per heavy atom. The molecule has 5 nitrogen and oxygen atoms in total. The van der Waals surface area contributed by atoms with Crippen molar-refractivity contribution in [2.75, 3.05) is 7.11 Å². The van der Waals surface area contributed by atoms with Crippen molar-refractivity contribution in [3.8, 4) is 11.1 Å². The number of hydrogen-bond acceptors (Lipinski definition) is 3. The second kappa shape index (κ2) is 11.0. The number of rotatable bonds is 6. The Labute approximate surface area is 190 Å². The van der Waals surface area contributed by atoms with E-state index in [1.807, 2.05) is 39.1 Å². The first-order valence-electron chi connectivity index (χ1n) is 10.7. The van der Waals surface area contributed by atoms with Crippen LogP contribution in [0.4, 0.5) is 0 Å². The van der Waals surface area contributed by atoms with Gasteiger partial charge in [-0.05, 0) is 24.5 Å². The fourth-order valence-corrected chi connectivity index (χ4v) is 3.53. The lowest BCUT2D eigenvalue weighted by Gasteiger charge is -2.13. The molecule has 5 heteroatoms. The summed E-state index contributed by atoms with van der Waals surface area (Å²) in [5, 5.41) is 0. The van der Waals surface area contributed by atoms with E-state index in [-0.39, 0.29) is 0 Å². The van der Waals surface area contributed by atoms with E-state index < -0.39 is 5.97 Å². The summed E-state index contributed by atoms with van der Waals surface area (Å²) >= 11 is 0. The van der Waals surface area contributed by atoms with Crippen LogP contribution in [0.3, 0.4) is 0 Å². The van der Waals surface area contributed by atoms with Crippen molar-refractivity contribution in [2.45, 2.75) is 27.7 Å². The number of carbonyl (C=O) groups excluding carboxylic acids is 1. The zero-order valence-corrected chi connectivity index (χ0v) is 19.6. The third kappa shape index (κ3) is 4.78. The predicted molar refractivity (Wildman–Crippen MR) is 136 cm³/mol. The molecule has 1 unspecified atom stereocenters. The topological polar surface area (TPSA) is 83.9 Å². The minimum atomic E-state index is -0.450. The van der Waals surface area contributed by atoms with Crippen LogP contribution in [0.15, 0.2) is 67.2 Å². The maximum absolute atomic E-state index is 12.5. The zero-order chi connectivity index (χ0) is 23.8. The number of aromatic amines is 2. The molecule has 4 N–H and O–H groups in total. The van der Waals surface area contributed by atoms with Crippen molar-refractivity contribution in [1.82, 2.24) is 9.97 Å². The van der Waals surface area contributed by atoms with Gasteiger partial charge in [0.2, 0.25) is 0 Å². The fourth-order valence-electron chi connectivity index (χ4n) is 3.53. The van der Waals surface area contributed by atoms with E-state index in [1.54, 1.807) is 12.3 Å². The van der Waals surface area contributed by atoms with Gasteiger partial charge in [-0.2, -0.15) is 0 Å². The van der Waals surface area contributed by atoms with Gasteiger partial charge in [0.05, 0.1) is 7.11 Å². The molecule has 3 rings (SSSR count). The van der Waals surface area contributed by atoms with E-state index in [1.165, 1.54) is 7.11 Å². The van der Waals surface area contributed by atoms with Crippen LogP contribution < -0.4 is 5.73 Å². The first-order chi connectivity index (χ1) is 15.4. The summed E-state index contributed by atoms with van der Waals surface area (Å²) in [5.74, 6) is -0.134. The van der Waals surface area contributed by atoms with Crippen molar-refractivity contribution < 1.29 is 9.53 Å². The van der Waals surface area contributed by atoms with Gasteiger partial charge >= 0.3 is 5.97 Å². The number of hydrogen-bond donors (Lipinski definition) is 3. The molecule has 2 aromatic rings. The Morgan fingerprint density at radius 1 is 1.19 bits per heavy atom. The second-order valence-corrected chi connectivity index (χ2v) is 7.09. The maximum atomic E-state index is 12.5. The van der Waals surface area contributed by atoms with E-state index in [2.05, 4.69) is 54.4 Å². The Hall–Kier alpha value is -3.73. The van der Waals surface area contributed by atoms with Crippen LogP contribution in [0.25, 0.3) is 28.9 Å². The van der Waals surface area contributed by atoms with Gasteiger partial charge in [-0.15, -0.1) is 0 Å². The number of nitrogens with two attached hydrogens (primary N) is 1. The lowest BCUT2D eigenvalue weighted by molar-refractivity contribution is 0.0595. The maximum Gasteiger partial charge on any atom is 0.355 e. The standard InChI is InChI=1S/C25H27N3O2.C2H6/c1-6-8-17(21(26)7-2)16(4)19-13-28-24(25(29)30-5)23(19)20-14-27-22-12-10-15(3)9-11-18(20)22;1-2/h6-15,27-28H,1,4,26H2,2-3,5H3;1-2H3/b17-8-,21-7+;. The number of allylic oxidation sites excluding steroid dienone is 6. The summed E-state index contributed by atoms with van der Waals surface area (Å²) in [4.78, 5) is 18.9.